The van der Waals surface area contributed by atoms with Crippen molar-refractivity contribution in [2.75, 3.05) is 19.6 Å². The van der Waals surface area contributed by atoms with Gasteiger partial charge in [0, 0.05) is 19.6 Å². The Morgan fingerprint density at radius 2 is 2.10 bits per heavy atom. The van der Waals surface area contributed by atoms with Crippen molar-refractivity contribution in [3.8, 4) is 0 Å². The molecule has 1 N–H and O–H groups in total. The van der Waals surface area contributed by atoms with E-state index < -0.39 is 0 Å². The molecular weight excluding hydrogens is 380 g/mol. The van der Waals surface area contributed by atoms with Crippen LogP contribution in [0.25, 0.3) is 0 Å². The van der Waals surface area contributed by atoms with Crippen LogP contribution < -0.4 is 5.32 Å². The van der Waals surface area contributed by atoms with Gasteiger partial charge in [0.05, 0.1) is 6.54 Å². The Bertz CT molecular complexity index is 447. The summed E-state index contributed by atoms with van der Waals surface area (Å²) in [5, 5.41) is 3.36. The average Bonchev–Trinajstić information content (AvgIpc) is 2.45. The molecule has 5 heteroatoms. The fraction of sp³-hybridized carbons (Fsp3) is 0.562. The predicted octanol–water partition coefficient (Wildman–Crippen LogP) is 3.64. The third-order valence-corrected chi connectivity index (χ3v) is 3.62. The van der Waals surface area contributed by atoms with Crippen LogP contribution in [0.5, 0.6) is 0 Å². The minimum atomic E-state index is -0.200. The van der Waals surface area contributed by atoms with Gasteiger partial charge in [-0.15, -0.1) is 24.0 Å². The Labute approximate surface area is 144 Å². The summed E-state index contributed by atoms with van der Waals surface area (Å²) in [6, 6.07) is 6.56. The van der Waals surface area contributed by atoms with Crippen molar-refractivity contribution in [1.82, 2.24) is 10.2 Å². The molecule has 3 nitrogen and oxygen atoms in total. The fourth-order valence-corrected chi connectivity index (χ4v) is 2.56. The highest BCUT2D eigenvalue weighted by molar-refractivity contribution is 14.0. The van der Waals surface area contributed by atoms with Crippen molar-refractivity contribution in [2.45, 2.75) is 33.2 Å². The minimum Gasteiger partial charge on any atom is -0.357 e. The molecule has 0 saturated carbocycles. The summed E-state index contributed by atoms with van der Waals surface area (Å²) in [6.07, 6.45) is 2.52. The Morgan fingerprint density at radius 1 is 1.38 bits per heavy atom. The van der Waals surface area contributed by atoms with Crippen LogP contribution in [0, 0.1) is 11.7 Å². The standard InChI is InChI=1S/C16H24FN3.HI/c1-3-18-16(20-10-4-5-13(2)12-20)19-11-14-6-8-15(17)9-7-14;/h6-9,13H,3-5,10-12H2,1-2H3,(H,18,19);1H. The highest BCUT2D eigenvalue weighted by atomic mass is 127. The van der Waals surface area contributed by atoms with Crippen molar-refractivity contribution < 1.29 is 4.39 Å². The summed E-state index contributed by atoms with van der Waals surface area (Å²) < 4.78 is 12.9. The van der Waals surface area contributed by atoms with Crippen LogP contribution in [0.1, 0.15) is 32.3 Å². The van der Waals surface area contributed by atoms with E-state index in [4.69, 9.17) is 0 Å². The molecule has 118 valence electrons. The van der Waals surface area contributed by atoms with Crippen molar-refractivity contribution in [3.05, 3.63) is 35.6 Å². The lowest BCUT2D eigenvalue weighted by Gasteiger charge is -2.33. The lowest BCUT2D eigenvalue weighted by atomic mass is 10.0. The minimum absolute atomic E-state index is 0. The largest absolute Gasteiger partial charge is 0.357 e. The lowest BCUT2D eigenvalue weighted by molar-refractivity contribution is 0.266. The molecule has 1 saturated heterocycles. The number of piperidine rings is 1. The number of likely N-dealkylation sites (tertiary alicyclic amines) is 1. The van der Waals surface area contributed by atoms with Crippen LogP contribution in [-0.4, -0.2) is 30.5 Å². The van der Waals surface area contributed by atoms with Crippen molar-refractivity contribution in [1.29, 1.82) is 0 Å². The number of nitrogens with zero attached hydrogens (tertiary/aromatic N) is 2. The highest BCUT2D eigenvalue weighted by Crippen LogP contribution is 2.15. The number of rotatable bonds is 3. The first kappa shape index (κ1) is 18.2. The number of nitrogens with one attached hydrogen (secondary N) is 1. The Morgan fingerprint density at radius 3 is 2.71 bits per heavy atom. The van der Waals surface area contributed by atoms with Gasteiger partial charge < -0.3 is 10.2 Å². The number of hydrogen-bond acceptors (Lipinski definition) is 1. The van der Waals surface area contributed by atoms with Crippen LogP contribution in [0.4, 0.5) is 4.39 Å². The van der Waals surface area contributed by atoms with Crippen molar-refractivity contribution in [2.24, 2.45) is 10.9 Å². The summed E-state index contributed by atoms with van der Waals surface area (Å²) in [5.41, 5.74) is 1.03. The molecule has 2 rings (SSSR count). The first-order valence-corrected chi connectivity index (χ1v) is 7.46. The van der Waals surface area contributed by atoms with Gasteiger partial charge in [0.25, 0.3) is 0 Å². The van der Waals surface area contributed by atoms with Crippen LogP contribution in [0.3, 0.4) is 0 Å². The number of guanidine groups is 1. The molecule has 0 aromatic heterocycles. The van der Waals surface area contributed by atoms with E-state index >= 15 is 0 Å². The molecule has 0 radical (unpaired) electrons. The molecule has 1 unspecified atom stereocenters. The summed E-state index contributed by atoms with van der Waals surface area (Å²) in [7, 11) is 0. The number of aliphatic imine (C=N–C) groups is 1. The van der Waals surface area contributed by atoms with E-state index in [0.29, 0.717) is 6.54 Å². The topological polar surface area (TPSA) is 27.6 Å². The zero-order chi connectivity index (χ0) is 14.4. The molecule has 0 spiro atoms. The van der Waals surface area contributed by atoms with Gasteiger partial charge in [-0.1, -0.05) is 19.1 Å². The number of halogens is 2. The first-order chi connectivity index (χ1) is 9.69. The molecule has 0 aliphatic carbocycles. The number of benzene rings is 1. The molecule has 1 aromatic rings. The summed E-state index contributed by atoms with van der Waals surface area (Å²) in [6.45, 7) is 7.96. The maximum Gasteiger partial charge on any atom is 0.194 e. The van der Waals surface area contributed by atoms with E-state index in [1.165, 1.54) is 25.0 Å². The first-order valence-electron chi connectivity index (χ1n) is 7.46. The van der Waals surface area contributed by atoms with Crippen LogP contribution >= 0.6 is 24.0 Å². The quantitative estimate of drug-likeness (QED) is 0.473. The molecule has 0 bridgehead atoms. The third-order valence-electron chi connectivity index (χ3n) is 3.62. The SMILES string of the molecule is CCNC(=NCc1ccc(F)cc1)N1CCCC(C)C1.I. The molecular formula is C16H25FIN3. The molecule has 0 amide bonds. The smallest absolute Gasteiger partial charge is 0.194 e. The Hall–Kier alpha value is -0.850. The van der Waals surface area contributed by atoms with Crippen molar-refractivity contribution in [3.63, 3.8) is 0 Å². The predicted molar refractivity (Wildman–Crippen MR) is 96.6 cm³/mol. The van der Waals surface area contributed by atoms with Gasteiger partial charge in [0.1, 0.15) is 5.82 Å². The van der Waals surface area contributed by atoms with Gasteiger partial charge >= 0.3 is 0 Å². The summed E-state index contributed by atoms with van der Waals surface area (Å²) in [5.74, 6) is 1.50. The molecule has 1 aromatic carbocycles. The zero-order valence-electron chi connectivity index (χ0n) is 12.8. The maximum atomic E-state index is 12.9. The van der Waals surface area contributed by atoms with E-state index in [2.05, 4.69) is 29.1 Å². The van der Waals surface area contributed by atoms with Gasteiger partial charge in [-0.2, -0.15) is 0 Å². The number of hydrogen-bond donors (Lipinski definition) is 1. The van der Waals surface area contributed by atoms with Crippen molar-refractivity contribution >= 4 is 29.9 Å². The normalized spacial score (nSPS) is 19.1. The monoisotopic (exact) mass is 405 g/mol. The Balaban J connectivity index is 0.00000220. The summed E-state index contributed by atoms with van der Waals surface area (Å²) in [4.78, 5) is 7.02. The summed E-state index contributed by atoms with van der Waals surface area (Å²) >= 11 is 0. The zero-order valence-corrected chi connectivity index (χ0v) is 15.1. The van der Waals surface area contributed by atoms with E-state index in [1.54, 1.807) is 12.1 Å². The van der Waals surface area contributed by atoms with Gasteiger partial charge in [-0.05, 0) is 43.4 Å². The van der Waals surface area contributed by atoms with Crippen LogP contribution in [0.2, 0.25) is 0 Å². The van der Waals surface area contributed by atoms with E-state index in [-0.39, 0.29) is 29.8 Å². The average molecular weight is 405 g/mol. The molecule has 1 atom stereocenters. The molecule has 1 fully saturated rings. The molecule has 1 heterocycles. The second kappa shape index (κ2) is 9.23. The van der Waals surface area contributed by atoms with E-state index in [1.807, 2.05) is 0 Å². The van der Waals surface area contributed by atoms with E-state index in [9.17, 15) is 4.39 Å². The fourth-order valence-electron chi connectivity index (χ4n) is 2.56. The third kappa shape index (κ3) is 5.80. The second-order valence-electron chi connectivity index (χ2n) is 5.49. The van der Waals surface area contributed by atoms with Crippen LogP contribution in [-0.2, 0) is 6.54 Å². The molecule has 1 aliphatic rings. The van der Waals surface area contributed by atoms with Crippen LogP contribution in [0.15, 0.2) is 29.3 Å². The van der Waals surface area contributed by atoms with E-state index in [0.717, 1.165) is 37.1 Å². The highest BCUT2D eigenvalue weighted by Gasteiger charge is 2.18. The van der Waals surface area contributed by atoms with Gasteiger partial charge in [-0.3, -0.25) is 0 Å². The lowest BCUT2D eigenvalue weighted by Crippen LogP contribution is -2.46. The maximum absolute atomic E-state index is 12.9. The van der Waals surface area contributed by atoms with Gasteiger partial charge in [0.2, 0.25) is 0 Å². The second-order valence-corrected chi connectivity index (χ2v) is 5.49. The molecule has 1 aliphatic heterocycles. The van der Waals surface area contributed by atoms with Gasteiger partial charge in [-0.25, -0.2) is 9.38 Å². The molecule has 21 heavy (non-hydrogen) atoms. The Kier molecular flexibility index (Phi) is 8.00. The van der Waals surface area contributed by atoms with Gasteiger partial charge in [0.15, 0.2) is 5.96 Å².